The molecule has 1 saturated heterocycles. The topological polar surface area (TPSA) is 58.9 Å². The van der Waals surface area contributed by atoms with Crippen LogP contribution in [0, 0.1) is 35.0 Å². The van der Waals surface area contributed by atoms with Crippen molar-refractivity contribution in [2.45, 2.75) is 76.9 Å². The van der Waals surface area contributed by atoms with Crippen LogP contribution in [0.5, 0.6) is 0 Å². The lowest BCUT2D eigenvalue weighted by Crippen LogP contribution is -2.56. The molecule has 4 nitrogen and oxygen atoms in total. The lowest BCUT2D eigenvalue weighted by Gasteiger charge is -2.57. The average Bonchev–Trinajstić information content (AvgIpc) is 2.69. The van der Waals surface area contributed by atoms with E-state index in [1.807, 2.05) is 6.21 Å². The summed E-state index contributed by atoms with van der Waals surface area (Å²) in [7, 11) is 1.77. The normalized spacial score (nSPS) is 52.9. The van der Waals surface area contributed by atoms with E-state index in [-0.39, 0.29) is 17.5 Å². The summed E-state index contributed by atoms with van der Waals surface area (Å²) in [5, 5.41) is 11.3. The van der Waals surface area contributed by atoms with Crippen molar-refractivity contribution in [3.63, 3.8) is 0 Å². The van der Waals surface area contributed by atoms with Crippen molar-refractivity contribution in [2.75, 3.05) is 7.05 Å². The Morgan fingerprint density at radius 2 is 2.04 bits per heavy atom. The summed E-state index contributed by atoms with van der Waals surface area (Å²) in [4.78, 5) is 16.1. The first-order chi connectivity index (χ1) is 11.9. The average molecular weight is 347 g/mol. The Morgan fingerprint density at radius 1 is 1.24 bits per heavy atom. The highest BCUT2D eigenvalue weighted by atomic mass is 16.5. The van der Waals surface area contributed by atoms with Crippen LogP contribution in [-0.4, -0.2) is 36.0 Å². The molecule has 1 unspecified atom stereocenters. The Hall–Kier alpha value is -0.900. The molecule has 4 fully saturated rings. The summed E-state index contributed by atoms with van der Waals surface area (Å²) in [6.45, 7) is 4.65. The maximum Gasteiger partial charge on any atom is 0.306 e. The Labute approximate surface area is 151 Å². The molecule has 8 atom stereocenters. The molecule has 3 saturated carbocycles. The van der Waals surface area contributed by atoms with E-state index in [9.17, 15) is 9.90 Å². The van der Waals surface area contributed by atoms with Crippen molar-refractivity contribution in [1.29, 1.82) is 0 Å². The predicted octanol–water partition coefficient (Wildman–Crippen LogP) is 3.61. The summed E-state index contributed by atoms with van der Waals surface area (Å²) in [5.74, 6) is 2.96. The highest BCUT2D eigenvalue weighted by Crippen LogP contribution is 2.65. The zero-order valence-electron chi connectivity index (χ0n) is 15.9. The quantitative estimate of drug-likeness (QED) is 0.582. The number of hydrogen-bond acceptors (Lipinski definition) is 4. The Morgan fingerprint density at radius 3 is 2.80 bits per heavy atom. The van der Waals surface area contributed by atoms with Crippen LogP contribution in [0.3, 0.4) is 0 Å². The minimum atomic E-state index is -0.746. The van der Waals surface area contributed by atoms with Crippen molar-refractivity contribution in [3.8, 4) is 0 Å². The van der Waals surface area contributed by atoms with Crippen molar-refractivity contribution in [2.24, 2.45) is 40.0 Å². The second-order valence-electron chi connectivity index (χ2n) is 9.45. The second kappa shape index (κ2) is 6.07. The van der Waals surface area contributed by atoms with Crippen LogP contribution in [0.25, 0.3) is 0 Å². The van der Waals surface area contributed by atoms with E-state index >= 15 is 0 Å². The SMILES string of the molecule is CN=C[C@]1(O)CC[C@H]2[C@H]3[C@H](CC[C@@]21C)[C@H]1CCCC(=O)OC1C[C@H]3C. The number of aliphatic imine (C=N–C) groups is 1. The fourth-order valence-electron chi connectivity index (χ4n) is 7.24. The molecule has 0 amide bonds. The van der Waals surface area contributed by atoms with E-state index < -0.39 is 5.60 Å². The first kappa shape index (κ1) is 17.5. The van der Waals surface area contributed by atoms with Crippen LogP contribution >= 0.6 is 0 Å². The highest BCUT2D eigenvalue weighted by Gasteiger charge is 2.63. The number of rotatable bonds is 1. The molecule has 0 aromatic heterocycles. The van der Waals surface area contributed by atoms with Gasteiger partial charge in [-0.25, -0.2) is 0 Å². The van der Waals surface area contributed by atoms with Gasteiger partial charge < -0.3 is 9.84 Å². The summed E-state index contributed by atoms with van der Waals surface area (Å²) in [5.41, 5.74) is -0.806. The molecule has 1 heterocycles. The third-order valence-electron chi connectivity index (χ3n) is 8.43. The van der Waals surface area contributed by atoms with E-state index in [1.54, 1.807) is 7.05 Å². The lowest BCUT2D eigenvalue weighted by molar-refractivity contribution is -0.164. The van der Waals surface area contributed by atoms with Crippen LogP contribution in [0.2, 0.25) is 0 Å². The molecular formula is C21H33NO3. The summed E-state index contributed by atoms with van der Waals surface area (Å²) in [6, 6.07) is 0. The van der Waals surface area contributed by atoms with E-state index in [1.165, 1.54) is 0 Å². The largest absolute Gasteiger partial charge is 0.462 e. The van der Waals surface area contributed by atoms with Gasteiger partial charge in [-0.1, -0.05) is 13.8 Å². The van der Waals surface area contributed by atoms with Crippen LogP contribution in [-0.2, 0) is 9.53 Å². The van der Waals surface area contributed by atoms with Gasteiger partial charge in [-0.15, -0.1) is 0 Å². The second-order valence-corrected chi connectivity index (χ2v) is 9.45. The lowest BCUT2D eigenvalue weighted by atomic mass is 9.49. The smallest absolute Gasteiger partial charge is 0.306 e. The summed E-state index contributed by atoms with van der Waals surface area (Å²) >= 11 is 0. The molecular weight excluding hydrogens is 314 g/mol. The molecule has 25 heavy (non-hydrogen) atoms. The van der Waals surface area contributed by atoms with Gasteiger partial charge in [-0.05, 0) is 74.5 Å². The van der Waals surface area contributed by atoms with Crippen molar-refractivity contribution in [3.05, 3.63) is 0 Å². The zero-order chi connectivity index (χ0) is 17.8. The molecule has 0 spiro atoms. The van der Waals surface area contributed by atoms with Gasteiger partial charge in [0.2, 0.25) is 0 Å². The Balaban J connectivity index is 1.64. The number of hydrogen-bond donors (Lipinski definition) is 1. The van der Waals surface area contributed by atoms with Crippen molar-refractivity contribution < 1.29 is 14.6 Å². The molecule has 4 rings (SSSR count). The van der Waals surface area contributed by atoms with Crippen molar-refractivity contribution in [1.82, 2.24) is 0 Å². The molecule has 0 aromatic rings. The van der Waals surface area contributed by atoms with Crippen LogP contribution in [0.15, 0.2) is 4.99 Å². The Kier molecular flexibility index (Phi) is 4.25. The molecule has 4 aliphatic rings. The first-order valence-electron chi connectivity index (χ1n) is 10.2. The maximum absolute atomic E-state index is 11.9. The molecule has 0 radical (unpaired) electrons. The number of carbonyl (C=O) groups is 1. The van der Waals surface area contributed by atoms with Crippen LogP contribution in [0.1, 0.15) is 65.2 Å². The fraction of sp³-hybridized carbons (Fsp3) is 0.905. The van der Waals surface area contributed by atoms with E-state index in [2.05, 4.69) is 18.8 Å². The third-order valence-corrected chi connectivity index (χ3v) is 8.43. The molecule has 3 aliphatic carbocycles. The number of nitrogens with zero attached hydrogens (tertiary/aromatic N) is 1. The standard InChI is InChI=1S/C21H33NO3/c1-13-11-17-14(5-4-6-18(23)25-17)15-7-9-20(2)16(19(13)15)8-10-21(20,24)12-22-3/h12-17,19,24H,4-11H2,1-3H3/t13-,14-,15-,16+,17?,19-,20+,21-/m1/s1. The van der Waals surface area contributed by atoms with Gasteiger partial charge in [-0.3, -0.25) is 9.79 Å². The molecule has 1 aliphatic heterocycles. The maximum atomic E-state index is 11.9. The molecule has 0 aromatic carbocycles. The minimum absolute atomic E-state index is 0.00759. The number of fused-ring (bicyclic) bond motifs is 5. The van der Waals surface area contributed by atoms with Gasteiger partial charge in [0.15, 0.2) is 0 Å². The molecule has 0 bridgehead atoms. The van der Waals surface area contributed by atoms with Crippen LogP contribution < -0.4 is 0 Å². The molecule has 140 valence electrons. The third kappa shape index (κ3) is 2.50. The predicted molar refractivity (Wildman–Crippen MR) is 97.4 cm³/mol. The van der Waals surface area contributed by atoms with Gasteiger partial charge in [0.25, 0.3) is 0 Å². The van der Waals surface area contributed by atoms with Gasteiger partial charge in [0, 0.05) is 25.1 Å². The van der Waals surface area contributed by atoms with Gasteiger partial charge >= 0.3 is 5.97 Å². The molecule has 1 N–H and O–H groups in total. The highest BCUT2D eigenvalue weighted by molar-refractivity contribution is 5.71. The Bertz CT molecular complexity index is 575. The monoisotopic (exact) mass is 347 g/mol. The van der Waals surface area contributed by atoms with E-state index in [0.29, 0.717) is 36.0 Å². The summed E-state index contributed by atoms with van der Waals surface area (Å²) in [6.07, 6.45) is 9.81. The van der Waals surface area contributed by atoms with Gasteiger partial charge in [0.05, 0.1) is 0 Å². The van der Waals surface area contributed by atoms with Crippen LogP contribution in [0.4, 0.5) is 0 Å². The van der Waals surface area contributed by atoms with Gasteiger partial charge in [0.1, 0.15) is 11.7 Å². The van der Waals surface area contributed by atoms with Gasteiger partial charge in [-0.2, -0.15) is 0 Å². The zero-order valence-corrected chi connectivity index (χ0v) is 15.9. The van der Waals surface area contributed by atoms with Crippen molar-refractivity contribution >= 4 is 12.2 Å². The summed E-state index contributed by atoms with van der Waals surface area (Å²) < 4.78 is 5.84. The van der Waals surface area contributed by atoms with E-state index in [0.717, 1.165) is 44.9 Å². The van der Waals surface area contributed by atoms with E-state index in [4.69, 9.17) is 4.74 Å². The molecule has 4 heteroatoms. The number of carbonyl (C=O) groups excluding carboxylic acids is 1. The number of esters is 1. The number of ether oxygens (including phenoxy) is 1. The first-order valence-corrected chi connectivity index (χ1v) is 10.2. The number of aliphatic hydroxyl groups is 1. The fourth-order valence-corrected chi connectivity index (χ4v) is 7.24. The minimum Gasteiger partial charge on any atom is -0.462 e.